The van der Waals surface area contributed by atoms with Gasteiger partial charge in [-0.15, -0.1) is 0 Å². The van der Waals surface area contributed by atoms with Crippen LogP contribution in [0.1, 0.15) is 63.9 Å². The number of anilines is 2. The first kappa shape index (κ1) is 16.4. The Morgan fingerprint density at radius 3 is 2.35 bits per heavy atom. The maximum Gasteiger partial charge on any atom is 0.101 e. The van der Waals surface area contributed by atoms with Gasteiger partial charge in [-0.1, -0.05) is 51.9 Å². The Morgan fingerprint density at radius 1 is 1.05 bits per heavy atom. The van der Waals surface area contributed by atoms with E-state index in [4.69, 9.17) is 11.0 Å². The third-order valence-corrected chi connectivity index (χ3v) is 3.53. The van der Waals surface area contributed by atoms with Crippen molar-refractivity contribution >= 4 is 11.4 Å². The van der Waals surface area contributed by atoms with E-state index in [0.717, 1.165) is 12.2 Å². The van der Waals surface area contributed by atoms with Crippen molar-refractivity contribution in [3.8, 4) is 6.07 Å². The van der Waals surface area contributed by atoms with Crippen LogP contribution in [0.3, 0.4) is 0 Å². The Bertz CT molecular complexity index is 421. The quantitative estimate of drug-likeness (QED) is 0.480. The van der Waals surface area contributed by atoms with Crippen LogP contribution in [0.2, 0.25) is 0 Å². The molecule has 0 saturated heterocycles. The minimum absolute atomic E-state index is 0.546. The van der Waals surface area contributed by atoms with Crippen molar-refractivity contribution in [3.05, 3.63) is 23.8 Å². The third kappa shape index (κ3) is 6.47. The first-order valence-electron chi connectivity index (χ1n) is 7.81. The van der Waals surface area contributed by atoms with E-state index in [2.05, 4.69) is 18.3 Å². The molecule has 0 fully saturated rings. The zero-order valence-electron chi connectivity index (χ0n) is 12.6. The minimum atomic E-state index is 0.546. The molecule has 0 aliphatic heterocycles. The number of unbranched alkanes of at least 4 members (excludes halogenated alkanes) is 7. The number of nitrogens with one attached hydrogen (secondary N) is 1. The van der Waals surface area contributed by atoms with Gasteiger partial charge >= 0.3 is 0 Å². The van der Waals surface area contributed by atoms with E-state index in [1.54, 1.807) is 6.07 Å². The number of hydrogen-bond acceptors (Lipinski definition) is 3. The van der Waals surface area contributed by atoms with Gasteiger partial charge in [-0.25, -0.2) is 0 Å². The van der Waals surface area contributed by atoms with Gasteiger partial charge in [0.1, 0.15) is 6.07 Å². The van der Waals surface area contributed by atoms with Crippen LogP contribution in [0.5, 0.6) is 0 Å². The number of nitrogens with zero attached hydrogens (tertiary/aromatic N) is 1. The second-order valence-electron chi connectivity index (χ2n) is 5.32. The first-order valence-corrected chi connectivity index (χ1v) is 7.81. The standard InChI is InChI=1S/C17H27N3/c1-2-3-4-5-6-7-8-9-12-20-16-10-11-17(19)15(13-16)14-18/h10-11,13,20H,2-9,12,19H2,1H3. The van der Waals surface area contributed by atoms with Crippen LogP contribution in [-0.4, -0.2) is 6.54 Å². The average Bonchev–Trinajstić information content (AvgIpc) is 2.47. The van der Waals surface area contributed by atoms with Gasteiger partial charge in [0.25, 0.3) is 0 Å². The summed E-state index contributed by atoms with van der Waals surface area (Å²) in [5.41, 5.74) is 7.77. The largest absolute Gasteiger partial charge is 0.398 e. The molecule has 1 aromatic rings. The van der Waals surface area contributed by atoms with E-state index in [1.807, 2.05) is 12.1 Å². The summed E-state index contributed by atoms with van der Waals surface area (Å²) in [7, 11) is 0. The number of nitrogens with two attached hydrogens (primary N) is 1. The van der Waals surface area contributed by atoms with E-state index < -0.39 is 0 Å². The molecule has 0 amide bonds. The molecule has 0 aromatic heterocycles. The summed E-state index contributed by atoms with van der Waals surface area (Å²) in [5, 5.41) is 12.3. The molecule has 3 heteroatoms. The number of nitriles is 1. The van der Waals surface area contributed by atoms with Crippen LogP contribution in [0, 0.1) is 11.3 Å². The summed E-state index contributed by atoms with van der Waals surface area (Å²) in [6, 6.07) is 7.64. The molecule has 3 nitrogen and oxygen atoms in total. The van der Waals surface area contributed by atoms with Crippen molar-refractivity contribution in [3.63, 3.8) is 0 Å². The summed E-state index contributed by atoms with van der Waals surface area (Å²) >= 11 is 0. The Hall–Kier alpha value is -1.69. The van der Waals surface area contributed by atoms with Crippen LogP contribution < -0.4 is 11.1 Å². The summed E-state index contributed by atoms with van der Waals surface area (Å²) in [6.45, 7) is 3.21. The smallest absolute Gasteiger partial charge is 0.101 e. The summed E-state index contributed by atoms with van der Waals surface area (Å²) in [5.74, 6) is 0. The lowest BCUT2D eigenvalue weighted by Crippen LogP contribution is -2.02. The molecule has 0 bridgehead atoms. The minimum Gasteiger partial charge on any atom is -0.398 e. The molecule has 0 aliphatic rings. The molecular formula is C17H27N3. The van der Waals surface area contributed by atoms with E-state index in [9.17, 15) is 0 Å². The molecule has 20 heavy (non-hydrogen) atoms. The average molecular weight is 273 g/mol. The summed E-state index contributed by atoms with van der Waals surface area (Å²) in [6.07, 6.45) is 10.6. The number of benzene rings is 1. The topological polar surface area (TPSA) is 61.8 Å². The van der Waals surface area contributed by atoms with Crippen molar-refractivity contribution in [2.45, 2.75) is 58.3 Å². The highest BCUT2D eigenvalue weighted by atomic mass is 14.9. The van der Waals surface area contributed by atoms with Crippen LogP contribution >= 0.6 is 0 Å². The second kappa shape index (κ2) is 10.1. The van der Waals surface area contributed by atoms with Crippen molar-refractivity contribution in [1.29, 1.82) is 5.26 Å². The van der Waals surface area contributed by atoms with Gasteiger partial charge in [0.15, 0.2) is 0 Å². The molecular weight excluding hydrogens is 246 g/mol. The third-order valence-electron chi connectivity index (χ3n) is 3.53. The van der Waals surface area contributed by atoms with E-state index in [0.29, 0.717) is 11.3 Å². The van der Waals surface area contributed by atoms with Crippen LogP contribution in [0.25, 0.3) is 0 Å². The molecule has 0 atom stereocenters. The molecule has 0 aliphatic carbocycles. The molecule has 0 saturated carbocycles. The van der Waals surface area contributed by atoms with E-state index >= 15 is 0 Å². The van der Waals surface area contributed by atoms with Crippen molar-refractivity contribution < 1.29 is 0 Å². The van der Waals surface area contributed by atoms with Crippen LogP contribution in [0.4, 0.5) is 11.4 Å². The lowest BCUT2D eigenvalue weighted by atomic mass is 10.1. The monoisotopic (exact) mass is 273 g/mol. The molecule has 0 spiro atoms. The highest BCUT2D eigenvalue weighted by Gasteiger charge is 1.99. The summed E-state index contributed by atoms with van der Waals surface area (Å²) < 4.78 is 0. The molecule has 0 unspecified atom stereocenters. The predicted molar refractivity (Wildman–Crippen MR) is 86.7 cm³/mol. The lowest BCUT2D eigenvalue weighted by Gasteiger charge is -2.07. The van der Waals surface area contributed by atoms with Crippen LogP contribution in [-0.2, 0) is 0 Å². The fourth-order valence-electron chi connectivity index (χ4n) is 2.25. The van der Waals surface area contributed by atoms with Gasteiger partial charge in [-0.3, -0.25) is 0 Å². The van der Waals surface area contributed by atoms with Crippen molar-refractivity contribution in [2.75, 3.05) is 17.6 Å². The SMILES string of the molecule is CCCCCCCCCCNc1ccc(N)c(C#N)c1. The molecule has 3 N–H and O–H groups in total. The zero-order chi connectivity index (χ0) is 14.6. The number of hydrogen-bond donors (Lipinski definition) is 2. The molecule has 0 radical (unpaired) electrons. The molecule has 0 heterocycles. The normalized spacial score (nSPS) is 10.2. The van der Waals surface area contributed by atoms with Gasteiger partial charge in [-0.2, -0.15) is 5.26 Å². The molecule has 1 rings (SSSR count). The van der Waals surface area contributed by atoms with Gasteiger partial charge < -0.3 is 11.1 Å². The van der Waals surface area contributed by atoms with Gasteiger partial charge in [0.05, 0.1) is 5.56 Å². The van der Waals surface area contributed by atoms with Gasteiger partial charge in [0, 0.05) is 17.9 Å². The Labute approximate surface area is 123 Å². The van der Waals surface area contributed by atoms with E-state index in [1.165, 1.54) is 51.4 Å². The Morgan fingerprint density at radius 2 is 1.70 bits per heavy atom. The van der Waals surface area contributed by atoms with Crippen molar-refractivity contribution in [1.82, 2.24) is 0 Å². The first-order chi connectivity index (χ1) is 9.77. The highest BCUT2D eigenvalue weighted by molar-refractivity contribution is 5.61. The van der Waals surface area contributed by atoms with Crippen molar-refractivity contribution in [2.24, 2.45) is 0 Å². The number of nitrogen functional groups attached to an aromatic ring is 1. The predicted octanol–water partition coefficient (Wildman–Crippen LogP) is 4.69. The van der Waals surface area contributed by atoms with E-state index in [-0.39, 0.29) is 0 Å². The molecule has 110 valence electrons. The fourth-order valence-corrected chi connectivity index (χ4v) is 2.25. The maximum absolute atomic E-state index is 8.92. The van der Waals surface area contributed by atoms with Gasteiger partial charge in [0.2, 0.25) is 0 Å². The van der Waals surface area contributed by atoms with Gasteiger partial charge in [-0.05, 0) is 24.6 Å². The summed E-state index contributed by atoms with van der Waals surface area (Å²) in [4.78, 5) is 0. The maximum atomic E-state index is 8.92. The second-order valence-corrected chi connectivity index (χ2v) is 5.32. The Balaban J connectivity index is 2.08. The Kier molecular flexibility index (Phi) is 8.30. The fraction of sp³-hybridized carbons (Fsp3) is 0.588. The molecule has 1 aromatic carbocycles. The lowest BCUT2D eigenvalue weighted by molar-refractivity contribution is 0.581. The zero-order valence-corrected chi connectivity index (χ0v) is 12.6. The van der Waals surface area contributed by atoms with Crippen LogP contribution in [0.15, 0.2) is 18.2 Å². The highest BCUT2D eigenvalue weighted by Crippen LogP contribution is 2.17. The number of rotatable bonds is 10.